The summed E-state index contributed by atoms with van der Waals surface area (Å²) in [7, 11) is 0. The van der Waals surface area contributed by atoms with Crippen LogP contribution in [0.25, 0.3) is 10.9 Å². The number of rotatable bonds is 6. The molecule has 124 valence electrons. The predicted molar refractivity (Wildman–Crippen MR) is 99.2 cm³/mol. The van der Waals surface area contributed by atoms with E-state index < -0.39 is 0 Å². The van der Waals surface area contributed by atoms with Gasteiger partial charge < -0.3 is 9.88 Å². The van der Waals surface area contributed by atoms with Gasteiger partial charge in [-0.25, -0.2) is 0 Å². The van der Waals surface area contributed by atoms with Gasteiger partial charge in [-0.3, -0.25) is 4.79 Å². The average molecular weight is 341 g/mol. The van der Waals surface area contributed by atoms with Crippen LogP contribution >= 0.6 is 11.6 Å². The lowest BCUT2D eigenvalue weighted by molar-refractivity contribution is -0.121. The topological polar surface area (TPSA) is 34.0 Å². The summed E-state index contributed by atoms with van der Waals surface area (Å²) in [4.78, 5) is 12.1. The molecule has 0 aliphatic carbocycles. The lowest BCUT2D eigenvalue weighted by atomic mass is 10.1. The molecular weight excluding hydrogens is 320 g/mol. The zero-order valence-electron chi connectivity index (χ0n) is 13.8. The summed E-state index contributed by atoms with van der Waals surface area (Å²) in [5.41, 5.74) is 3.51. The zero-order chi connectivity index (χ0) is 16.9. The number of nitrogens with one attached hydrogen (secondary N) is 1. The van der Waals surface area contributed by atoms with Crippen molar-refractivity contribution in [1.29, 1.82) is 0 Å². The minimum Gasteiger partial charge on any atom is -0.352 e. The molecule has 1 amide bonds. The molecule has 0 fully saturated rings. The van der Waals surface area contributed by atoms with E-state index in [1.165, 1.54) is 16.5 Å². The number of amides is 1. The van der Waals surface area contributed by atoms with E-state index in [2.05, 4.69) is 41.2 Å². The van der Waals surface area contributed by atoms with Gasteiger partial charge >= 0.3 is 0 Å². The molecule has 4 heteroatoms. The molecule has 1 N–H and O–H groups in total. The molecule has 3 aromatic rings. The summed E-state index contributed by atoms with van der Waals surface area (Å²) in [6, 6.07) is 15.9. The maximum atomic E-state index is 12.1. The second kappa shape index (κ2) is 7.54. The van der Waals surface area contributed by atoms with E-state index in [1.807, 2.05) is 30.3 Å². The smallest absolute Gasteiger partial charge is 0.220 e. The molecule has 2 aromatic carbocycles. The molecule has 0 spiro atoms. The van der Waals surface area contributed by atoms with Crippen LogP contribution in [0.5, 0.6) is 0 Å². The number of aromatic nitrogens is 1. The summed E-state index contributed by atoms with van der Waals surface area (Å²) in [5, 5.41) is 4.92. The lowest BCUT2D eigenvalue weighted by Crippen LogP contribution is -2.22. The van der Waals surface area contributed by atoms with Crippen LogP contribution < -0.4 is 5.32 Å². The average Bonchev–Trinajstić information content (AvgIpc) is 2.97. The van der Waals surface area contributed by atoms with Gasteiger partial charge in [0, 0.05) is 41.6 Å². The summed E-state index contributed by atoms with van der Waals surface area (Å²) in [6.07, 6.45) is 3.41. The summed E-state index contributed by atoms with van der Waals surface area (Å²) >= 11 is 5.86. The largest absolute Gasteiger partial charge is 0.352 e. The molecule has 0 aliphatic heterocycles. The molecule has 0 atom stereocenters. The van der Waals surface area contributed by atoms with Gasteiger partial charge in [0.25, 0.3) is 0 Å². The van der Waals surface area contributed by atoms with Gasteiger partial charge in [0.15, 0.2) is 0 Å². The maximum absolute atomic E-state index is 12.1. The van der Waals surface area contributed by atoms with E-state index in [-0.39, 0.29) is 5.91 Å². The van der Waals surface area contributed by atoms with Gasteiger partial charge in [0.1, 0.15) is 0 Å². The first kappa shape index (κ1) is 16.6. The number of benzene rings is 2. The zero-order valence-corrected chi connectivity index (χ0v) is 14.5. The van der Waals surface area contributed by atoms with Crippen LogP contribution in [0.15, 0.2) is 54.7 Å². The Morgan fingerprint density at radius 2 is 1.88 bits per heavy atom. The van der Waals surface area contributed by atoms with E-state index >= 15 is 0 Å². The molecule has 0 unspecified atom stereocenters. The Kier molecular flexibility index (Phi) is 5.21. The number of halogens is 1. The summed E-state index contributed by atoms with van der Waals surface area (Å²) in [5.74, 6) is 0.0679. The van der Waals surface area contributed by atoms with Crippen LogP contribution in [0.3, 0.4) is 0 Å². The van der Waals surface area contributed by atoms with Crippen LogP contribution in [0.2, 0.25) is 5.02 Å². The molecule has 0 saturated heterocycles. The van der Waals surface area contributed by atoms with Crippen molar-refractivity contribution in [2.24, 2.45) is 0 Å². The Bertz CT molecular complexity index is 836. The first-order valence-corrected chi connectivity index (χ1v) is 8.63. The third kappa shape index (κ3) is 3.80. The highest BCUT2D eigenvalue weighted by Gasteiger charge is 2.09. The molecule has 0 aliphatic rings. The highest BCUT2D eigenvalue weighted by atomic mass is 35.5. The highest BCUT2D eigenvalue weighted by Crippen LogP contribution is 2.22. The number of carbonyl (C=O) groups excluding carboxylic acids is 1. The normalized spacial score (nSPS) is 10.9. The van der Waals surface area contributed by atoms with Crippen LogP contribution in [0.1, 0.15) is 24.5 Å². The molecule has 0 saturated carbocycles. The SMILES string of the molecule is CCn1cc(CCC(=O)NCc2ccc(Cl)cc2)c2ccccc21. The molecule has 0 bridgehead atoms. The Hall–Kier alpha value is -2.26. The van der Waals surface area contributed by atoms with Crippen LogP contribution in [0.4, 0.5) is 0 Å². The van der Waals surface area contributed by atoms with E-state index in [0.717, 1.165) is 18.5 Å². The highest BCUT2D eigenvalue weighted by molar-refractivity contribution is 6.30. The predicted octanol–water partition coefficient (Wildman–Crippen LogP) is 4.56. The fraction of sp³-hybridized carbons (Fsp3) is 0.250. The maximum Gasteiger partial charge on any atom is 0.220 e. The van der Waals surface area contributed by atoms with Gasteiger partial charge in [0.05, 0.1) is 0 Å². The van der Waals surface area contributed by atoms with Gasteiger partial charge in [-0.1, -0.05) is 41.9 Å². The summed E-state index contributed by atoms with van der Waals surface area (Å²) in [6.45, 7) is 3.60. The third-order valence-electron chi connectivity index (χ3n) is 4.24. The first-order valence-electron chi connectivity index (χ1n) is 8.25. The molecule has 1 heterocycles. The van der Waals surface area contributed by atoms with Crippen molar-refractivity contribution in [2.75, 3.05) is 0 Å². The van der Waals surface area contributed by atoms with E-state index in [9.17, 15) is 4.79 Å². The Labute approximate surface area is 147 Å². The number of nitrogens with zero attached hydrogens (tertiary/aromatic N) is 1. The monoisotopic (exact) mass is 340 g/mol. The fourth-order valence-corrected chi connectivity index (χ4v) is 3.05. The second-order valence-electron chi connectivity index (χ2n) is 5.86. The number of carbonyl (C=O) groups is 1. The van der Waals surface area contributed by atoms with E-state index in [1.54, 1.807) is 0 Å². The Morgan fingerprint density at radius 1 is 1.12 bits per heavy atom. The van der Waals surface area contributed by atoms with Crippen molar-refractivity contribution < 1.29 is 4.79 Å². The standard InChI is InChI=1S/C20H21ClN2O/c1-2-23-14-16(18-5-3-4-6-19(18)23)9-12-20(24)22-13-15-7-10-17(21)11-8-15/h3-8,10-11,14H,2,9,12-13H2,1H3,(H,22,24). The van der Waals surface area contributed by atoms with E-state index in [0.29, 0.717) is 18.0 Å². The fourth-order valence-electron chi connectivity index (χ4n) is 2.92. The second-order valence-corrected chi connectivity index (χ2v) is 6.30. The Morgan fingerprint density at radius 3 is 2.62 bits per heavy atom. The minimum atomic E-state index is 0.0679. The molecule has 3 nitrogen and oxygen atoms in total. The van der Waals surface area contributed by atoms with E-state index in [4.69, 9.17) is 11.6 Å². The summed E-state index contributed by atoms with van der Waals surface area (Å²) < 4.78 is 2.23. The molecule has 3 rings (SSSR count). The van der Waals surface area contributed by atoms with Gasteiger partial charge in [-0.05, 0) is 42.7 Å². The van der Waals surface area contributed by atoms with Crippen molar-refractivity contribution in [3.8, 4) is 0 Å². The molecule has 0 radical (unpaired) electrons. The third-order valence-corrected chi connectivity index (χ3v) is 4.49. The van der Waals surface area contributed by atoms with Crippen molar-refractivity contribution in [1.82, 2.24) is 9.88 Å². The molecule has 24 heavy (non-hydrogen) atoms. The van der Waals surface area contributed by atoms with Crippen molar-refractivity contribution in [3.63, 3.8) is 0 Å². The van der Waals surface area contributed by atoms with Crippen molar-refractivity contribution in [2.45, 2.75) is 32.9 Å². The van der Waals surface area contributed by atoms with Crippen molar-refractivity contribution >= 4 is 28.4 Å². The van der Waals surface area contributed by atoms with Gasteiger partial charge in [-0.2, -0.15) is 0 Å². The number of hydrogen-bond donors (Lipinski definition) is 1. The minimum absolute atomic E-state index is 0.0679. The van der Waals surface area contributed by atoms with Gasteiger partial charge in [0.2, 0.25) is 5.91 Å². The van der Waals surface area contributed by atoms with Crippen LogP contribution in [-0.4, -0.2) is 10.5 Å². The lowest BCUT2D eigenvalue weighted by Gasteiger charge is -2.05. The number of para-hydroxylation sites is 1. The quantitative estimate of drug-likeness (QED) is 0.701. The number of fused-ring (bicyclic) bond motifs is 1. The number of hydrogen-bond acceptors (Lipinski definition) is 1. The Balaban J connectivity index is 1.59. The molecular formula is C20H21ClN2O. The van der Waals surface area contributed by atoms with Crippen molar-refractivity contribution in [3.05, 3.63) is 70.9 Å². The van der Waals surface area contributed by atoms with Crippen LogP contribution in [-0.2, 0) is 24.3 Å². The first-order chi connectivity index (χ1) is 11.7. The number of aryl methyl sites for hydroxylation is 2. The van der Waals surface area contributed by atoms with Gasteiger partial charge in [-0.15, -0.1) is 0 Å². The molecule has 1 aromatic heterocycles. The van der Waals surface area contributed by atoms with Crippen LogP contribution in [0, 0.1) is 0 Å².